The second-order valence-electron chi connectivity index (χ2n) is 6.88. The van der Waals surface area contributed by atoms with E-state index in [0.29, 0.717) is 10.7 Å². The van der Waals surface area contributed by atoms with Crippen LogP contribution in [0.1, 0.15) is 5.69 Å². The zero-order valence-corrected chi connectivity index (χ0v) is 20.0. The second-order valence-corrected chi connectivity index (χ2v) is 9.29. The fourth-order valence-corrected chi connectivity index (χ4v) is 4.75. The summed E-state index contributed by atoms with van der Waals surface area (Å²) in [5.41, 5.74) is 3.03. The molecule has 0 saturated heterocycles. The lowest BCUT2D eigenvalue weighted by Gasteiger charge is -2.06. The van der Waals surface area contributed by atoms with Crippen LogP contribution in [-0.4, -0.2) is 34.0 Å². The summed E-state index contributed by atoms with van der Waals surface area (Å²) in [6, 6.07) is 15.5. The SMILES string of the molecule is COc1ccc(-c2nc(C)c(-c3ccc(SCC(=O)Nc4ccc(F)c(Cl)c4)nn3)s2)cc1. The summed E-state index contributed by atoms with van der Waals surface area (Å²) in [5.74, 6) is 0.133. The standard InChI is InChI=1S/C23H18ClFN4O2S2/c1-13-22(33-23(26-13)14-3-6-16(31-2)7-4-14)19-9-10-21(29-28-19)32-12-20(30)27-15-5-8-18(25)17(24)11-15/h3-11H,12H2,1-2H3,(H,27,30). The minimum Gasteiger partial charge on any atom is -0.497 e. The highest BCUT2D eigenvalue weighted by molar-refractivity contribution is 7.99. The van der Waals surface area contributed by atoms with Gasteiger partial charge in [0.15, 0.2) is 0 Å². The number of halogens is 2. The van der Waals surface area contributed by atoms with Crippen LogP contribution >= 0.6 is 34.7 Å². The van der Waals surface area contributed by atoms with Gasteiger partial charge in [-0.25, -0.2) is 9.37 Å². The molecule has 33 heavy (non-hydrogen) atoms. The number of rotatable bonds is 7. The Balaban J connectivity index is 1.39. The fraction of sp³-hybridized carbons (Fsp3) is 0.130. The van der Waals surface area contributed by atoms with Crippen LogP contribution in [0.2, 0.25) is 5.02 Å². The van der Waals surface area contributed by atoms with Gasteiger partial charge in [0.2, 0.25) is 5.91 Å². The van der Waals surface area contributed by atoms with Gasteiger partial charge in [0.1, 0.15) is 27.3 Å². The Morgan fingerprint density at radius 3 is 2.61 bits per heavy atom. The van der Waals surface area contributed by atoms with E-state index in [1.807, 2.05) is 43.3 Å². The quantitative estimate of drug-likeness (QED) is 0.309. The largest absolute Gasteiger partial charge is 0.497 e. The Labute approximate surface area is 203 Å². The van der Waals surface area contributed by atoms with Gasteiger partial charge >= 0.3 is 0 Å². The average Bonchev–Trinajstić information content (AvgIpc) is 3.22. The Bertz CT molecular complexity index is 1280. The number of methoxy groups -OCH3 is 1. The van der Waals surface area contributed by atoms with Crippen LogP contribution in [0, 0.1) is 12.7 Å². The van der Waals surface area contributed by atoms with Crippen LogP contribution in [0.4, 0.5) is 10.1 Å². The highest BCUT2D eigenvalue weighted by Crippen LogP contribution is 2.35. The number of thioether (sulfide) groups is 1. The minimum atomic E-state index is -0.535. The van der Waals surface area contributed by atoms with E-state index in [1.165, 1.54) is 30.0 Å². The lowest BCUT2D eigenvalue weighted by atomic mass is 10.2. The number of hydrogen-bond acceptors (Lipinski definition) is 7. The molecule has 168 valence electrons. The average molecular weight is 501 g/mol. The Hall–Kier alpha value is -3.01. The first-order valence-corrected chi connectivity index (χ1v) is 11.9. The summed E-state index contributed by atoms with van der Waals surface area (Å²) in [7, 11) is 1.63. The Morgan fingerprint density at radius 2 is 1.94 bits per heavy atom. The van der Waals surface area contributed by atoms with Crippen molar-refractivity contribution in [3.8, 4) is 26.9 Å². The monoisotopic (exact) mass is 500 g/mol. The lowest BCUT2D eigenvalue weighted by Crippen LogP contribution is -2.14. The maximum absolute atomic E-state index is 13.2. The van der Waals surface area contributed by atoms with Gasteiger partial charge in [-0.1, -0.05) is 23.4 Å². The summed E-state index contributed by atoms with van der Waals surface area (Å²) in [6.45, 7) is 1.94. The van der Waals surface area contributed by atoms with Gasteiger partial charge in [-0.05, 0) is 61.5 Å². The van der Waals surface area contributed by atoms with Crippen LogP contribution in [0.5, 0.6) is 5.75 Å². The van der Waals surface area contributed by atoms with Crippen molar-refractivity contribution in [1.29, 1.82) is 0 Å². The fourth-order valence-electron chi connectivity index (χ4n) is 2.92. The van der Waals surface area contributed by atoms with E-state index in [1.54, 1.807) is 18.4 Å². The van der Waals surface area contributed by atoms with Crippen LogP contribution in [0.3, 0.4) is 0 Å². The van der Waals surface area contributed by atoms with Crippen LogP contribution < -0.4 is 10.1 Å². The first-order chi connectivity index (χ1) is 15.9. The van der Waals surface area contributed by atoms with E-state index in [2.05, 4.69) is 20.5 Å². The van der Waals surface area contributed by atoms with Gasteiger partial charge in [0.25, 0.3) is 0 Å². The zero-order valence-electron chi connectivity index (χ0n) is 17.6. The number of ether oxygens (including phenoxy) is 1. The Morgan fingerprint density at radius 1 is 1.15 bits per heavy atom. The van der Waals surface area contributed by atoms with Gasteiger partial charge < -0.3 is 10.1 Å². The number of benzene rings is 2. The molecule has 0 spiro atoms. The highest BCUT2D eigenvalue weighted by Gasteiger charge is 2.14. The summed E-state index contributed by atoms with van der Waals surface area (Å²) >= 11 is 8.53. The number of anilines is 1. The predicted octanol–water partition coefficient (Wildman–Crippen LogP) is 6.11. The van der Waals surface area contributed by atoms with Crippen LogP contribution in [0.15, 0.2) is 59.6 Å². The summed E-state index contributed by atoms with van der Waals surface area (Å²) in [5, 5.41) is 12.7. The molecule has 4 aromatic rings. The summed E-state index contributed by atoms with van der Waals surface area (Å²) < 4.78 is 18.4. The first kappa shape index (κ1) is 23.2. The molecule has 0 aliphatic carbocycles. The number of nitrogens with one attached hydrogen (secondary N) is 1. The van der Waals surface area contributed by atoms with Crippen LogP contribution in [0.25, 0.3) is 21.1 Å². The van der Waals surface area contributed by atoms with Crippen molar-refractivity contribution in [3.05, 3.63) is 71.1 Å². The number of carbonyl (C=O) groups is 1. The topological polar surface area (TPSA) is 77.0 Å². The molecule has 0 unspecified atom stereocenters. The molecule has 0 aliphatic rings. The second kappa shape index (κ2) is 10.3. The Kier molecular flexibility index (Phi) is 7.22. The maximum Gasteiger partial charge on any atom is 0.234 e. The summed E-state index contributed by atoms with van der Waals surface area (Å²) in [6.07, 6.45) is 0. The van der Waals surface area contributed by atoms with Crippen molar-refractivity contribution in [2.24, 2.45) is 0 Å². The zero-order chi connectivity index (χ0) is 23.4. The van der Waals surface area contributed by atoms with Gasteiger partial charge in [0, 0.05) is 11.3 Å². The molecule has 0 bridgehead atoms. The molecule has 0 fully saturated rings. The van der Waals surface area contributed by atoms with Crippen LogP contribution in [-0.2, 0) is 4.79 Å². The summed E-state index contributed by atoms with van der Waals surface area (Å²) in [4.78, 5) is 17.8. The molecule has 4 rings (SSSR count). The van der Waals surface area contributed by atoms with E-state index in [0.717, 1.165) is 32.6 Å². The molecule has 0 saturated carbocycles. The van der Waals surface area contributed by atoms with Crippen molar-refractivity contribution < 1.29 is 13.9 Å². The van der Waals surface area contributed by atoms with Gasteiger partial charge in [-0.15, -0.1) is 21.5 Å². The van der Waals surface area contributed by atoms with Crippen molar-refractivity contribution in [2.75, 3.05) is 18.2 Å². The van der Waals surface area contributed by atoms with E-state index >= 15 is 0 Å². The predicted molar refractivity (Wildman–Crippen MR) is 131 cm³/mol. The third kappa shape index (κ3) is 5.68. The number of thiazole rings is 1. The number of aromatic nitrogens is 3. The molecule has 2 aromatic carbocycles. The van der Waals surface area contributed by atoms with Crippen molar-refractivity contribution in [2.45, 2.75) is 11.9 Å². The molecular weight excluding hydrogens is 483 g/mol. The molecule has 6 nitrogen and oxygen atoms in total. The van der Waals surface area contributed by atoms with E-state index in [9.17, 15) is 9.18 Å². The minimum absolute atomic E-state index is 0.0459. The molecule has 10 heteroatoms. The van der Waals surface area contributed by atoms with E-state index in [4.69, 9.17) is 16.3 Å². The molecule has 0 aliphatic heterocycles. The maximum atomic E-state index is 13.2. The molecule has 1 amide bonds. The molecule has 0 atom stereocenters. The third-order valence-electron chi connectivity index (χ3n) is 4.56. The van der Waals surface area contributed by atoms with E-state index < -0.39 is 5.82 Å². The van der Waals surface area contributed by atoms with Crippen molar-refractivity contribution in [1.82, 2.24) is 15.2 Å². The molecular formula is C23H18ClFN4O2S2. The number of amides is 1. The molecule has 2 heterocycles. The normalized spacial score (nSPS) is 10.8. The van der Waals surface area contributed by atoms with E-state index in [-0.39, 0.29) is 16.7 Å². The smallest absolute Gasteiger partial charge is 0.234 e. The third-order valence-corrected chi connectivity index (χ3v) is 7.00. The number of nitrogens with zero attached hydrogens (tertiary/aromatic N) is 3. The van der Waals surface area contributed by atoms with Gasteiger partial charge in [0.05, 0.1) is 28.5 Å². The van der Waals surface area contributed by atoms with Gasteiger partial charge in [-0.3, -0.25) is 4.79 Å². The number of carbonyl (C=O) groups excluding carboxylic acids is 1. The molecule has 0 radical (unpaired) electrons. The van der Waals surface area contributed by atoms with Crippen molar-refractivity contribution in [3.63, 3.8) is 0 Å². The van der Waals surface area contributed by atoms with Gasteiger partial charge in [-0.2, -0.15) is 0 Å². The molecule has 2 aromatic heterocycles. The lowest BCUT2D eigenvalue weighted by molar-refractivity contribution is -0.113. The number of hydrogen-bond donors (Lipinski definition) is 1. The number of aryl methyl sites for hydroxylation is 1. The van der Waals surface area contributed by atoms with Crippen molar-refractivity contribution >= 4 is 46.3 Å². The molecule has 1 N–H and O–H groups in total. The first-order valence-electron chi connectivity index (χ1n) is 9.76. The highest BCUT2D eigenvalue weighted by atomic mass is 35.5.